The highest BCUT2D eigenvalue weighted by Gasteiger charge is 2.28. The summed E-state index contributed by atoms with van der Waals surface area (Å²) in [6.45, 7) is 5.11. The van der Waals surface area contributed by atoms with E-state index in [0.717, 1.165) is 19.6 Å². The van der Waals surface area contributed by atoms with Gasteiger partial charge in [-0.05, 0) is 26.1 Å². The summed E-state index contributed by atoms with van der Waals surface area (Å²) in [6.07, 6.45) is 0. The van der Waals surface area contributed by atoms with Gasteiger partial charge in [0.25, 0.3) is 0 Å². The zero-order valence-electron chi connectivity index (χ0n) is 10.1. The molecule has 1 aromatic rings. The molecule has 2 rings (SSSR count). The molecule has 16 heavy (non-hydrogen) atoms. The number of para-hydroxylation sites is 1. The topological polar surface area (TPSA) is 32.5 Å². The van der Waals surface area contributed by atoms with Crippen molar-refractivity contribution >= 4 is 5.69 Å². The van der Waals surface area contributed by atoms with Gasteiger partial charge in [0, 0.05) is 37.4 Å². The van der Waals surface area contributed by atoms with Crippen LogP contribution in [0.15, 0.2) is 30.3 Å². The third-order valence-corrected chi connectivity index (χ3v) is 3.47. The minimum absolute atomic E-state index is 0.469. The third kappa shape index (κ3) is 2.20. The van der Waals surface area contributed by atoms with Gasteiger partial charge in [-0.1, -0.05) is 18.2 Å². The van der Waals surface area contributed by atoms with Crippen molar-refractivity contribution in [1.82, 2.24) is 4.90 Å². The van der Waals surface area contributed by atoms with E-state index < -0.39 is 0 Å². The van der Waals surface area contributed by atoms with Crippen molar-refractivity contribution in [1.29, 1.82) is 0 Å². The molecule has 1 aliphatic rings. The number of nitrogens with zero attached hydrogens (tertiary/aromatic N) is 2. The maximum atomic E-state index is 5.81. The van der Waals surface area contributed by atoms with Gasteiger partial charge in [-0.25, -0.2) is 0 Å². The summed E-state index contributed by atoms with van der Waals surface area (Å²) in [5, 5.41) is 0. The van der Waals surface area contributed by atoms with E-state index in [9.17, 15) is 0 Å². The summed E-state index contributed by atoms with van der Waals surface area (Å²) in [5.41, 5.74) is 7.12. The molecule has 2 N–H and O–H groups in total. The molecule has 1 aromatic carbocycles. The fourth-order valence-corrected chi connectivity index (χ4v) is 2.44. The Hall–Kier alpha value is -1.06. The van der Waals surface area contributed by atoms with E-state index in [-0.39, 0.29) is 0 Å². The van der Waals surface area contributed by atoms with Gasteiger partial charge in [0.1, 0.15) is 0 Å². The summed E-state index contributed by atoms with van der Waals surface area (Å²) < 4.78 is 0. The van der Waals surface area contributed by atoms with Crippen molar-refractivity contribution in [2.45, 2.75) is 19.0 Å². The van der Waals surface area contributed by atoms with Crippen LogP contribution in [0.2, 0.25) is 0 Å². The number of anilines is 1. The van der Waals surface area contributed by atoms with Crippen LogP contribution in [-0.2, 0) is 0 Å². The molecule has 0 aliphatic carbocycles. The van der Waals surface area contributed by atoms with Gasteiger partial charge in [0.05, 0.1) is 0 Å². The Morgan fingerprint density at radius 3 is 2.56 bits per heavy atom. The van der Waals surface area contributed by atoms with E-state index >= 15 is 0 Å². The van der Waals surface area contributed by atoms with E-state index in [1.54, 1.807) is 0 Å². The summed E-state index contributed by atoms with van der Waals surface area (Å²) in [7, 11) is 2.16. The molecule has 1 aliphatic heterocycles. The van der Waals surface area contributed by atoms with E-state index in [0.29, 0.717) is 12.1 Å². The first kappa shape index (κ1) is 11.4. The number of nitrogens with two attached hydrogens (primary N) is 1. The van der Waals surface area contributed by atoms with Crippen LogP contribution < -0.4 is 10.6 Å². The minimum atomic E-state index is 0.469. The molecular formula is C13H21N3. The van der Waals surface area contributed by atoms with Gasteiger partial charge in [0.2, 0.25) is 0 Å². The highest BCUT2D eigenvalue weighted by atomic mass is 15.3. The van der Waals surface area contributed by atoms with Crippen molar-refractivity contribution in [2.24, 2.45) is 5.73 Å². The predicted molar refractivity (Wildman–Crippen MR) is 68.7 cm³/mol. The SMILES string of the molecule is CC1CN(C)C(CN)CN1c1ccccc1. The third-order valence-electron chi connectivity index (χ3n) is 3.47. The van der Waals surface area contributed by atoms with Crippen LogP contribution in [0.25, 0.3) is 0 Å². The Kier molecular flexibility index (Phi) is 3.46. The fourth-order valence-electron chi connectivity index (χ4n) is 2.44. The molecule has 2 atom stereocenters. The molecule has 3 heteroatoms. The van der Waals surface area contributed by atoms with Crippen LogP contribution in [0.4, 0.5) is 5.69 Å². The van der Waals surface area contributed by atoms with Crippen LogP contribution in [0.1, 0.15) is 6.92 Å². The maximum absolute atomic E-state index is 5.81. The van der Waals surface area contributed by atoms with Crippen molar-refractivity contribution in [2.75, 3.05) is 31.6 Å². The van der Waals surface area contributed by atoms with E-state index in [1.165, 1.54) is 5.69 Å². The molecule has 1 saturated heterocycles. The van der Waals surface area contributed by atoms with Crippen molar-refractivity contribution in [3.8, 4) is 0 Å². The van der Waals surface area contributed by atoms with Crippen molar-refractivity contribution < 1.29 is 0 Å². The lowest BCUT2D eigenvalue weighted by atomic mass is 10.1. The summed E-state index contributed by atoms with van der Waals surface area (Å²) in [6, 6.07) is 11.6. The van der Waals surface area contributed by atoms with E-state index in [4.69, 9.17) is 5.73 Å². The average Bonchev–Trinajstić information content (AvgIpc) is 2.30. The lowest BCUT2D eigenvalue weighted by Gasteiger charge is -2.44. The Morgan fingerprint density at radius 2 is 1.94 bits per heavy atom. The number of rotatable bonds is 2. The maximum Gasteiger partial charge on any atom is 0.0391 e. The Morgan fingerprint density at radius 1 is 1.25 bits per heavy atom. The van der Waals surface area contributed by atoms with Crippen LogP contribution in [0.3, 0.4) is 0 Å². The molecular weight excluding hydrogens is 198 g/mol. The number of benzene rings is 1. The number of likely N-dealkylation sites (N-methyl/N-ethyl adjacent to an activating group) is 1. The molecule has 1 heterocycles. The summed E-state index contributed by atoms with van der Waals surface area (Å²) in [5.74, 6) is 0. The number of hydrogen-bond donors (Lipinski definition) is 1. The first-order chi connectivity index (χ1) is 7.72. The lowest BCUT2D eigenvalue weighted by molar-refractivity contribution is 0.197. The van der Waals surface area contributed by atoms with E-state index in [2.05, 4.69) is 54.1 Å². The van der Waals surface area contributed by atoms with Crippen molar-refractivity contribution in [3.05, 3.63) is 30.3 Å². The van der Waals surface area contributed by atoms with Crippen LogP contribution in [-0.4, -0.2) is 43.7 Å². The Labute approximate surface area is 97.8 Å². The van der Waals surface area contributed by atoms with Crippen LogP contribution in [0.5, 0.6) is 0 Å². The van der Waals surface area contributed by atoms with Crippen LogP contribution in [0, 0.1) is 0 Å². The standard InChI is InChI=1S/C13H21N3/c1-11-9-15(2)13(8-14)10-16(11)12-6-4-3-5-7-12/h3-7,11,13H,8-10,14H2,1-2H3. The molecule has 3 nitrogen and oxygen atoms in total. The van der Waals surface area contributed by atoms with Gasteiger partial charge in [0.15, 0.2) is 0 Å². The fraction of sp³-hybridized carbons (Fsp3) is 0.538. The predicted octanol–water partition coefficient (Wildman–Crippen LogP) is 1.15. The minimum Gasteiger partial charge on any atom is -0.366 e. The summed E-state index contributed by atoms with van der Waals surface area (Å²) >= 11 is 0. The average molecular weight is 219 g/mol. The molecule has 0 aromatic heterocycles. The highest BCUT2D eigenvalue weighted by molar-refractivity contribution is 5.47. The number of piperazine rings is 1. The molecule has 0 amide bonds. The molecule has 88 valence electrons. The normalized spacial score (nSPS) is 27.1. The molecule has 0 radical (unpaired) electrons. The number of hydrogen-bond acceptors (Lipinski definition) is 3. The molecule has 0 spiro atoms. The Balaban J connectivity index is 2.15. The van der Waals surface area contributed by atoms with Gasteiger partial charge < -0.3 is 10.6 Å². The lowest BCUT2D eigenvalue weighted by Crippen LogP contribution is -2.58. The second-order valence-corrected chi connectivity index (χ2v) is 4.67. The van der Waals surface area contributed by atoms with Crippen molar-refractivity contribution in [3.63, 3.8) is 0 Å². The van der Waals surface area contributed by atoms with Gasteiger partial charge in [-0.3, -0.25) is 4.90 Å². The first-order valence-electron chi connectivity index (χ1n) is 5.94. The molecule has 0 bridgehead atoms. The second kappa shape index (κ2) is 4.85. The largest absolute Gasteiger partial charge is 0.366 e. The second-order valence-electron chi connectivity index (χ2n) is 4.67. The summed E-state index contributed by atoms with van der Waals surface area (Å²) in [4.78, 5) is 4.82. The first-order valence-corrected chi connectivity index (χ1v) is 5.94. The van der Waals surface area contributed by atoms with E-state index in [1.807, 2.05) is 0 Å². The van der Waals surface area contributed by atoms with Gasteiger partial charge >= 0.3 is 0 Å². The molecule has 1 fully saturated rings. The van der Waals surface area contributed by atoms with Gasteiger partial charge in [-0.15, -0.1) is 0 Å². The Bertz CT molecular complexity index is 325. The highest BCUT2D eigenvalue weighted by Crippen LogP contribution is 2.21. The smallest absolute Gasteiger partial charge is 0.0391 e. The van der Waals surface area contributed by atoms with Crippen LogP contribution >= 0.6 is 0 Å². The van der Waals surface area contributed by atoms with Gasteiger partial charge in [-0.2, -0.15) is 0 Å². The monoisotopic (exact) mass is 219 g/mol. The zero-order chi connectivity index (χ0) is 11.5. The quantitative estimate of drug-likeness (QED) is 0.810. The molecule has 2 unspecified atom stereocenters. The molecule has 0 saturated carbocycles. The zero-order valence-corrected chi connectivity index (χ0v) is 10.1.